The summed E-state index contributed by atoms with van der Waals surface area (Å²) in [6.07, 6.45) is 8.65. The largest absolute Gasteiger partial charge is 0.508 e. The number of aromatic hydroxyl groups is 1. The number of phenols is 1. The number of rotatable bonds is 4. The van der Waals surface area contributed by atoms with Crippen LogP contribution in [0.25, 0.3) is 11.4 Å². The molecule has 0 saturated heterocycles. The van der Waals surface area contributed by atoms with Crippen molar-refractivity contribution >= 4 is 0 Å². The third-order valence-electron chi connectivity index (χ3n) is 4.56. The van der Waals surface area contributed by atoms with E-state index in [1.165, 1.54) is 5.56 Å². The number of hydrogen-bond acceptors (Lipinski definition) is 5. The van der Waals surface area contributed by atoms with Crippen LogP contribution in [-0.4, -0.2) is 20.1 Å². The molecule has 126 valence electrons. The van der Waals surface area contributed by atoms with Crippen molar-refractivity contribution in [2.75, 3.05) is 0 Å². The standard InChI is InChI=1S/C20H20N4O/c25-16-6-1-4-14(10-16)11-22-18-7-2-8-19-17(18)13-23-20(24-19)15-5-3-9-21-12-15/h1,3-6,9-10,12-13,18,22,25H,2,7-8,11H2. The Morgan fingerprint density at radius 1 is 1.16 bits per heavy atom. The van der Waals surface area contributed by atoms with Gasteiger partial charge < -0.3 is 10.4 Å². The lowest BCUT2D eigenvalue weighted by Crippen LogP contribution is -2.26. The summed E-state index contributed by atoms with van der Waals surface area (Å²) in [5.74, 6) is 1.04. The number of hydrogen-bond donors (Lipinski definition) is 2. The Kier molecular flexibility index (Phi) is 4.39. The molecular formula is C20H20N4O. The Labute approximate surface area is 146 Å². The molecule has 2 N–H and O–H groups in total. The van der Waals surface area contributed by atoms with Crippen molar-refractivity contribution in [2.45, 2.75) is 31.8 Å². The van der Waals surface area contributed by atoms with Gasteiger partial charge in [-0.15, -0.1) is 0 Å². The lowest BCUT2D eigenvalue weighted by Gasteiger charge is -2.25. The van der Waals surface area contributed by atoms with Crippen molar-refractivity contribution in [3.63, 3.8) is 0 Å². The summed E-state index contributed by atoms with van der Waals surface area (Å²) in [7, 11) is 0. The highest BCUT2D eigenvalue weighted by Crippen LogP contribution is 2.29. The molecule has 1 atom stereocenters. The maximum Gasteiger partial charge on any atom is 0.160 e. The average Bonchev–Trinajstić information content (AvgIpc) is 2.66. The van der Waals surface area contributed by atoms with Crippen LogP contribution < -0.4 is 5.32 Å². The maximum absolute atomic E-state index is 9.59. The zero-order valence-electron chi connectivity index (χ0n) is 13.9. The van der Waals surface area contributed by atoms with Crippen LogP contribution in [0.5, 0.6) is 5.75 Å². The highest BCUT2D eigenvalue weighted by Gasteiger charge is 2.22. The molecule has 1 unspecified atom stereocenters. The fourth-order valence-electron chi connectivity index (χ4n) is 3.30. The first kappa shape index (κ1) is 15.7. The molecule has 2 aromatic heterocycles. The Morgan fingerprint density at radius 3 is 2.96 bits per heavy atom. The van der Waals surface area contributed by atoms with Gasteiger partial charge in [0, 0.05) is 48.0 Å². The lowest BCUT2D eigenvalue weighted by atomic mass is 9.92. The molecule has 4 rings (SSSR count). The van der Waals surface area contributed by atoms with Crippen LogP contribution in [0.1, 0.15) is 35.7 Å². The van der Waals surface area contributed by atoms with Crippen LogP contribution in [0.3, 0.4) is 0 Å². The number of aryl methyl sites for hydroxylation is 1. The highest BCUT2D eigenvalue weighted by atomic mass is 16.3. The van der Waals surface area contributed by atoms with Crippen molar-refractivity contribution in [3.8, 4) is 17.1 Å². The van der Waals surface area contributed by atoms with E-state index in [1.54, 1.807) is 24.5 Å². The van der Waals surface area contributed by atoms with Gasteiger partial charge in [0.15, 0.2) is 5.82 Å². The van der Waals surface area contributed by atoms with Gasteiger partial charge in [0.25, 0.3) is 0 Å². The lowest BCUT2D eigenvalue weighted by molar-refractivity contribution is 0.449. The quantitative estimate of drug-likeness (QED) is 0.766. The SMILES string of the molecule is Oc1cccc(CNC2CCCc3nc(-c4cccnc4)ncc32)c1. The van der Waals surface area contributed by atoms with Crippen molar-refractivity contribution in [3.05, 3.63) is 71.8 Å². The minimum atomic E-state index is 0.244. The molecule has 2 heterocycles. The summed E-state index contributed by atoms with van der Waals surface area (Å²) in [4.78, 5) is 13.5. The number of benzene rings is 1. The molecule has 0 radical (unpaired) electrons. The molecule has 0 fully saturated rings. The van der Waals surface area contributed by atoms with E-state index in [-0.39, 0.29) is 6.04 Å². The van der Waals surface area contributed by atoms with E-state index >= 15 is 0 Å². The Morgan fingerprint density at radius 2 is 2.12 bits per heavy atom. The van der Waals surface area contributed by atoms with Crippen molar-refractivity contribution in [1.29, 1.82) is 0 Å². The summed E-state index contributed by atoms with van der Waals surface area (Å²) in [6, 6.07) is 11.5. The number of fused-ring (bicyclic) bond motifs is 1. The summed E-state index contributed by atoms with van der Waals surface area (Å²) in [5.41, 5.74) is 4.31. The predicted molar refractivity (Wildman–Crippen MR) is 95.9 cm³/mol. The van der Waals surface area contributed by atoms with Gasteiger partial charge in [0.05, 0.1) is 0 Å². The van der Waals surface area contributed by atoms with E-state index in [1.807, 2.05) is 30.5 Å². The monoisotopic (exact) mass is 332 g/mol. The molecule has 5 nitrogen and oxygen atoms in total. The number of pyridine rings is 1. The minimum absolute atomic E-state index is 0.244. The first-order valence-electron chi connectivity index (χ1n) is 8.57. The highest BCUT2D eigenvalue weighted by molar-refractivity contribution is 5.53. The molecule has 25 heavy (non-hydrogen) atoms. The van der Waals surface area contributed by atoms with Gasteiger partial charge in [-0.2, -0.15) is 0 Å². The van der Waals surface area contributed by atoms with Gasteiger partial charge >= 0.3 is 0 Å². The molecular weight excluding hydrogens is 312 g/mol. The van der Waals surface area contributed by atoms with Crippen molar-refractivity contribution < 1.29 is 5.11 Å². The van der Waals surface area contributed by atoms with Crippen LogP contribution in [0.4, 0.5) is 0 Å². The number of nitrogens with zero attached hydrogens (tertiary/aromatic N) is 3. The van der Waals surface area contributed by atoms with Gasteiger partial charge in [-0.05, 0) is 49.1 Å². The molecule has 0 amide bonds. The second kappa shape index (κ2) is 6.99. The molecule has 5 heteroatoms. The summed E-state index contributed by atoms with van der Waals surface area (Å²) < 4.78 is 0. The van der Waals surface area contributed by atoms with E-state index in [2.05, 4.69) is 15.3 Å². The van der Waals surface area contributed by atoms with Crippen LogP contribution in [0, 0.1) is 0 Å². The summed E-state index contributed by atoms with van der Waals surface area (Å²) >= 11 is 0. The van der Waals surface area contributed by atoms with Crippen LogP contribution in [0.2, 0.25) is 0 Å². The molecule has 0 saturated carbocycles. The first-order chi connectivity index (χ1) is 12.3. The molecule has 1 aromatic carbocycles. The van der Waals surface area contributed by atoms with E-state index in [0.29, 0.717) is 12.3 Å². The van der Waals surface area contributed by atoms with Crippen LogP contribution >= 0.6 is 0 Å². The minimum Gasteiger partial charge on any atom is -0.508 e. The fraction of sp³-hybridized carbons (Fsp3) is 0.250. The second-order valence-corrected chi connectivity index (χ2v) is 6.33. The Balaban J connectivity index is 1.54. The fourth-order valence-corrected chi connectivity index (χ4v) is 3.30. The van der Waals surface area contributed by atoms with Crippen molar-refractivity contribution in [2.24, 2.45) is 0 Å². The normalized spacial score (nSPS) is 16.4. The van der Waals surface area contributed by atoms with Crippen molar-refractivity contribution in [1.82, 2.24) is 20.3 Å². The third kappa shape index (κ3) is 3.51. The van der Waals surface area contributed by atoms with Gasteiger partial charge in [-0.25, -0.2) is 9.97 Å². The van der Waals surface area contributed by atoms with Crippen LogP contribution in [0.15, 0.2) is 55.0 Å². The summed E-state index contributed by atoms with van der Waals surface area (Å²) in [5, 5.41) is 13.2. The van der Waals surface area contributed by atoms with Gasteiger partial charge in [-0.3, -0.25) is 4.98 Å². The molecule has 3 aromatic rings. The van der Waals surface area contributed by atoms with E-state index in [9.17, 15) is 5.11 Å². The molecule has 0 spiro atoms. The number of phenolic OH excluding ortho intramolecular Hbond substituents is 1. The third-order valence-corrected chi connectivity index (χ3v) is 4.56. The maximum atomic E-state index is 9.59. The molecule has 0 aliphatic heterocycles. The van der Waals surface area contributed by atoms with E-state index < -0.39 is 0 Å². The average molecular weight is 332 g/mol. The Hall–Kier alpha value is -2.79. The zero-order chi connectivity index (χ0) is 17.1. The smallest absolute Gasteiger partial charge is 0.160 e. The number of aromatic nitrogens is 3. The zero-order valence-corrected chi connectivity index (χ0v) is 13.9. The molecule has 1 aliphatic rings. The van der Waals surface area contributed by atoms with E-state index in [0.717, 1.165) is 41.9 Å². The first-order valence-corrected chi connectivity index (χ1v) is 8.57. The topological polar surface area (TPSA) is 70.9 Å². The summed E-state index contributed by atoms with van der Waals surface area (Å²) in [6.45, 7) is 0.711. The Bertz CT molecular complexity index is 867. The number of nitrogens with one attached hydrogen (secondary N) is 1. The van der Waals surface area contributed by atoms with Gasteiger partial charge in [0.2, 0.25) is 0 Å². The molecule has 0 bridgehead atoms. The van der Waals surface area contributed by atoms with Gasteiger partial charge in [-0.1, -0.05) is 12.1 Å². The second-order valence-electron chi connectivity index (χ2n) is 6.33. The van der Waals surface area contributed by atoms with E-state index in [4.69, 9.17) is 4.98 Å². The van der Waals surface area contributed by atoms with Gasteiger partial charge in [0.1, 0.15) is 5.75 Å². The molecule has 1 aliphatic carbocycles. The van der Waals surface area contributed by atoms with Crippen LogP contribution in [-0.2, 0) is 13.0 Å². The predicted octanol–water partition coefficient (Wildman–Crippen LogP) is 3.41.